The van der Waals surface area contributed by atoms with Crippen LogP contribution in [0.15, 0.2) is 10.7 Å². The van der Waals surface area contributed by atoms with Crippen LogP contribution < -0.4 is 5.32 Å². The second kappa shape index (κ2) is 2.65. The summed E-state index contributed by atoms with van der Waals surface area (Å²) in [6, 6.07) is 0. The van der Waals surface area contributed by atoms with Crippen molar-refractivity contribution in [3.8, 4) is 0 Å². The van der Waals surface area contributed by atoms with Crippen LogP contribution in [0.3, 0.4) is 0 Å². The largest absolute Gasteiger partial charge is 0.755 e. The third kappa shape index (κ3) is 1.30. The highest BCUT2D eigenvalue weighted by atomic mass is 32.1. The van der Waals surface area contributed by atoms with Gasteiger partial charge >= 0.3 is 5.70 Å². The van der Waals surface area contributed by atoms with Gasteiger partial charge in [0.2, 0.25) is 5.39 Å². The Hall–Kier alpha value is -0.820. The second-order valence-corrected chi connectivity index (χ2v) is 2.31. The number of allylic oxidation sites excluding steroid dienone is 1. The minimum Gasteiger partial charge on any atom is -0.755 e. The molecule has 4 heteroatoms. The Labute approximate surface area is 59.2 Å². The molecule has 0 bridgehead atoms. The summed E-state index contributed by atoms with van der Waals surface area (Å²) in [5.74, 6) is 0. The Morgan fingerprint density at radius 2 is 2.44 bits per heavy atom. The molecule has 0 radical (unpaired) electrons. The molecule has 3 nitrogen and oxygen atoms in total. The Morgan fingerprint density at radius 1 is 1.67 bits per heavy atom. The summed E-state index contributed by atoms with van der Waals surface area (Å²) >= 11 is 4.82. The minimum atomic E-state index is 0.587. The maximum absolute atomic E-state index is 8.32. The van der Waals surface area contributed by atoms with Crippen molar-refractivity contribution >= 4 is 12.6 Å². The van der Waals surface area contributed by atoms with Crippen LogP contribution in [0.2, 0.25) is 0 Å². The number of diazo groups is 1. The van der Waals surface area contributed by atoms with Crippen molar-refractivity contribution in [3.05, 3.63) is 15.7 Å². The van der Waals surface area contributed by atoms with Gasteiger partial charge in [-0.15, -0.1) is 0 Å². The summed E-state index contributed by atoms with van der Waals surface area (Å²) < 4.78 is 0. The lowest BCUT2D eigenvalue weighted by Crippen LogP contribution is -2.19. The van der Waals surface area contributed by atoms with Gasteiger partial charge in [-0.05, 0) is 11.4 Å². The molecule has 0 aromatic rings. The lowest BCUT2D eigenvalue weighted by Gasteiger charge is -2.15. The van der Waals surface area contributed by atoms with Gasteiger partial charge < -0.3 is 17.9 Å². The van der Waals surface area contributed by atoms with Crippen LogP contribution in [0.4, 0.5) is 0 Å². The van der Waals surface area contributed by atoms with Gasteiger partial charge in [-0.3, -0.25) is 0 Å². The summed E-state index contributed by atoms with van der Waals surface area (Å²) in [4.78, 5) is 3.04. The molecule has 0 atom stereocenters. The average molecular weight is 141 g/mol. The first-order valence-electron chi connectivity index (χ1n) is 2.83. The summed E-state index contributed by atoms with van der Waals surface area (Å²) in [7, 11) is 0. The first-order valence-corrected chi connectivity index (χ1v) is 3.24. The van der Waals surface area contributed by atoms with Crippen molar-refractivity contribution in [2.24, 2.45) is 0 Å². The molecule has 1 aliphatic rings. The molecule has 0 amide bonds. The van der Waals surface area contributed by atoms with Crippen LogP contribution in [0.1, 0.15) is 12.8 Å². The Bertz CT molecular complexity index is 179. The SMILES string of the molecule is N#[N+]C1=C([S-])NCCC1. The van der Waals surface area contributed by atoms with E-state index in [-0.39, 0.29) is 0 Å². The van der Waals surface area contributed by atoms with Gasteiger partial charge in [-0.25, -0.2) is 0 Å². The normalized spacial score (nSPS) is 18.6. The number of rotatable bonds is 0. The standard InChI is InChI=1S/C5H7N3S/c6-8-4-2-1-3-7-5(4)9/h7H,1-3H2. The fourth-order valence-electron chi connectivity index (χ4n) is 0.769. The quantitative estimate of drug-likeness (QED) is 0.403. The topological polar surface area (TPSA) is 40.2 Å². The summed E-state index contributed by atoms with van der Waals surface area (Å²) in [6.07, 6.45) is 1.79. The van der Waals surface area contributed by atoms with Crippen molar-refractivity contribution in [3.63, 3.8) is 0 Å². The molecule has 0 saturated carbocycles. The van der Waals surface area contributed by atoms with Crippen LogP contribution in [0.25, 0.3) is 4.98 Å². The maximum atomic E-state index is 8.32. The van der Waals surface area contributed by atoms with E-state index < -0.39 is 0 Å². The van der Waals surface area contributed by atoms with Gasteiger partial charge in [0.15, 0.2) is 4.98 Å². The number of nitrogens with one attached hydrogen (secondary N) is 1. The molecule has 1 aliphatic heterocycles. The molecule has 48 valence electrons. The first-order chi connectivity index (χ1) is 4.34. The molecule has 0 saturated heterocycles. The lowest BCUT2D eigenvalue weighted by atomic mass is 10.2. The maximum Gasteiger partial charge on any atom is 0.357 e. The van der Waals surface area contributed by atoms with E-state index >= 15 is 0 Å². The molecule has 0 fully saturated rings. The zero-order chi connectivity index (χ0) is 6.69. The molecule has 9 heavy (non-hydrogen) atoms. The molecule has 0 aromatic heterocycles. The van der Waals surface area contributed by atoms with E-state index in [0.29, 0.717) is 10.7 Å². The Morgan fingerprint density at radius 3 is 2.89 bits per heavy atom. The zero-order valence-corrected chi connectivity index (χ0v) is 5.74. The summed E-state index contributed by atoms with van der Waals surface area (Å²) in [6.45, 7) is 0.901. The smallest absolute Gasteiger partial charge is 0.357 e. The predicted molar refractivity (Wildman–Crippen MR) is 36.7 cm³/mol. The molecule has 0 aliphatic carbocycles. The van der Waals surface area contributed by atoms with E-state index in [9.17, 15) is 0 Å². The van der Waals surface area contributed by atoms with Crippen LogP contribution in [-0.2, 0) is 12.6 Å². The third-order valence-corrected chi connectivity index (χ3v) is 1.64. The van der Waals surface area contributed by atoms with E-state index in [1.165, 1.54) is 0 Å². The molecule has 0 spiro atoms. The van der Waals surface area contributed by atoms with Crippen LogP contribution in [0, 0.1) is 5.39 Å². The van der Waals surface area contributed by atoms with Crippen LogP contribution >= 0.6 is 0 Å². The second-order valence-electron chi connectivity index (χ2n) is 1.91. The fraction of sp³-hybridized carbons (Fsp3) is 0.600. The van der Waals surface area contributed by atoms with Crippen molar-refractivity contribution in [1.82, 2.24) is 5.32 Å². The van der Waals surface area contributed by atoms with E-state index in [1.807, 2.05) is 0 Å². The predicted octanol–water partition coefficient (Wildman–Crippen LogP) is 0.939. The number of nitrogens with zero attached hydrogens (tertiary/aromatic N) is 2. The molecule has 0 unspecified atom stereocenters. The molecular weight excluding hydrogens is 134 g/mol. The van der Waals surface area contributed by atoms with E-state index in [0.717, 1.165) is 19.4 Å². The van der Waals surface area contributed by atoms with E-state index in [4.69, 9.17) is 18.0 Å². The summed E-state index contributed by atoms with van der Waals surface area (Å²) in [5.41, 5.74) is 0.608. The van der Waals surface area contributed by atoms with E-state index in [2.05, 4.69) is 10.3 Å². The Balaban J connectivity index is 2.74. The van der Waals surface area contributed by atoms with E-state index in [1.54, 1.807) is 0 Å². The third-order valence-electron chi connectivity index (χ3n) is 1.26. The monoisotopic (exact) mass is 141 g/mol. The fourth-order valence-corrected chi connectivity index (χ4v) is 1.01. The van der Waals surface area contributed by atoms with Gasteiger partial charge in [-0.2, -0.15) is 0 Å². The van der Waals surface area contributed by atoms with Gasteiger partial charge in [0, 0.05) is 6.54 Å². The van der Waals surface area contributed by atoms with Gasteiger partial charge in [0.1, 0.15) is 0 Å². The van der Waals surface area contributed by atoms with Crippen LogP contribution in [-0.4, -0.2) is 6.54 Å². The molecule has 0 aromatic carbocycles. The lowest BCUT2D eigenvalue weighted by molar-refractivity contribution is 0.698. The highest BCUT2D eigenvalue weighted by Crippen LogP contribution is 2.13. The van der Waals surface area contributed by atoms with Gasteiger partial charge in [-0.1, -0.05) is 0 Å². The number of hydrogen-bond donors (Lipinski definition) is 1. The molecule has 1 heterocycles. The molecular formula is C5H7N3S. The zero-order valence-electron chi connectivity index (χ0n) is 4.92. The molecule has 1 rings (SSSR count). The van der Waals surface area contributed by atoms with Crippen molar-refractivity contribution in [2.75, 3.05) is 6.54 Å². The average Bonchev–Trinajstić information content (AvgIpc) is 1.89. The van der Waals surface area contributed by atoms with Gasteiger partial charge in [0.25, 0.3) is 0 Å². The van der Waals surface area contributed by atoms with Gasteiger partial charge in [0.05, 0.1) is 6.42 Å². The highest BCUT2D eigenvalue weighted by molar-refractivity contribution is 7.63. The van der Waals surface area contributed by atoms with Crippen molar-refractivity contribution < 1.29 is 0 Å². The molecule has 1 N–H and O–H groups in total. The Kier molecular flexibility index (Phi) is 1.85. The summed E-state index contributed by atoms with van der Waals surface area (Å²) in [5, 5.41) is 11.8. The number of hydrogen-bond acceptors (Lipinski definition) is 3. The highest BCUT2D eigenvalue weighted by Gasteiger charge is 2.13. The first kappa shape index (κ1) is 6.30. The minimum absolute atomic E-state index is 0.587. The van der Waals surface area contributed by atoms with Crippen LogP contribution in [0.5, 0.6) is 0 Å². The van der Waals surface area contributed by atoms with Crippen molar-refractivity contribution in [2.45, 2.75) is 12.8 Å². The van der Waals surface area contributed by atoms with Crippen molar-refractivity contribution in [1.29, 1.82) is 5.39 Å².